The van der Waals surface area contributed by atoms with Crippen molar-refractivity contribution in [1.82, 2.24) is 10.1 Å². The first kappa shape index (κ1) is 13.1. The lowest BCUT2D eigenvalue weighted by atomic mass is 10.2. The molecule has 0 unspecified atom stereocenters. The maximum atomic E-state index is 5.95. The van der Waals surface area contributed by atoms with Crippen LogP contribution in [-0.4, -0.2) is 10.1 Å². The van der Waals surface area contributed by atoms with Gasteiger partial charge in [-0.1, -0.05) is 28.9 Å². The molecule has 2 aromatic carbocycles. The fourth-order valence-electron chi connectivity index (χ4n) is 1.76. The molecule has 0 fully saturated rings. The fourth-order valence-corrected chi connectivity index (χ4v) is 2.20. The summed E-state index contributed by atoms with van der Waals surface area (Å²) in [7, 11) is 0. The van der Waals surface area contributed by atoms with Crippen LogP contribution in [-0.2, 0) is 0 Å². The van der Waals surface area contributed by atoms with Crippen LogP contribution in [0.5, 0.6) is 0 Å². The Morgan fingerprint density at radius 1 is 1.10 bits per heavy atom. The maximum Gasteiger partial charge on any atom is 0.258 e. The quantitative estimate of drug-likeness (QED) is 0.696. The van der Waals surface area contributed by atoms with Gasteiger partial charge in [0.05, 0.1) is 0 Å². The highest BCUT2D eigenvalue weighted by atomic mass is 79.9. The van der Waals surface area contributed by atoms with Gasteiger partial charge in [0.15, 0.2) is 0 Å². The summed E-state index contributed by atoms with van der Waals surface area (Å²) in [6.07, 6.45) is 0. The van der Waals surface area contributed by atoms with Gasteiger partial charge in [-0.15, -0.1) is 0 Å². The molecular weight excluding hydrogens is 342 g/mol. The zero-order valence-corrected chi connectivity index (χ0v) is 12.5. The highest BCUT2D eigenvalue weighted by Gasteiger charge is 2.11. The Morgan fingerprint density at radius 3 is 2.70 bits per heavy atom. The second kappa shape index (κ2) is 5.26. The maximum absolute atomic E-state index is 5.95. The Morgan fingerprint density at radius 2 is 1.95 bits per heavy atom. The number of hydrogen-bond donors (Lipinski definition) is 1. The number of rotatable bonds is 2. The summed E-state index contributed by atoms with van der Waals surface area (Å²) in [5.74, 6) is 0.906. The lowest BCUT2D eigenvalue weighted by molar-refractivity contribution is 0.432. The summed E-state index contributed by atoms with van der Waals surface area (Å²) in [5, 5.41) is 4.59. The zero-order valence-electron chi connectivity index (χ0n) is 10.2. The van der Waals surface area contributed by atoms with Crippen molar-refractivity contribution in [1.29, 1.82) is 0 Å². The fraction of sp³-hybridized carbons (Fsp3) is 0. The molecule has 4 nitrogen and oxygen atoms in total. The van der Waals surface area contributed by atoms with Crippen LogP contribution in [0, 0.1) is 0 Å². The van der Waals surface area contributed by atoms with Crippen LogP contribution in [0.4, 0.5) is 5.69 Å². The topological polar surface area (TPSA) is 64.9 Å². The van der Waals surface area contributed by atoms with E-state index in [4.69, 9.17) is 21.9 Å². The highest BCUT2D eigenvalue weighted by molar-refractivity contribution is 9.10. The second-order valence-electron chi connectivity index (χ2n) is 4.17. The van der Waals surface area contributed by atoms with E-state index in [-0.39, 0.29) is 0 Å². The average Bonchev–Trinajstić information content (AvgIpc) is 2.92. The van der Waals surface area contributed by atoms with Crippen LogP contribution in [0.25, 0.3) is 22.8 Å². The molecule has 100 valence electrons. The van der Waals surface area contributed by atoms with Gasteiger partial charge >= 0.3 is 0 Å². The van der Waals surface area contributed by atoms with Crippen LogP contribution < -0.4 is 5.73 Å². The molecule has 3 rings (SSSR count). The molecule has 3 aromatic rings. The Bertz CT molecular complexity index is 773. The van der Waals surface area contributed by atoms with Crippen molar-refractivity contribution < 1.29 is 4.52 Å². The minimum absolute atomic E-state index is 0.416. The number of anilines is 1. The summed E-state index contributed by atoms with van der Waals surface area (Å²) in [5.41, 5.74) is 8.03. The molecule has 0 aliphatic rings. The van der Waals surface area contributed by atoms with E-state index in [1.165, 1.54) is 0 Å². The van der Waals surface area contributed by atoms with E-state index in [9.17, 15) is 0 Å². The van der Waals surface area contributed by atoms with Crippen LogP contribution in [0.2, 0.25) is 5.02 Å². The molecule has 1 heterocycles. The number of nitrogens with two attached hydrogens (primary N) is 1. The average molecular weight is 351 g/mol. The van der Waals surface area contributed by atoms with Gasteiger partial charge < -0.3 is 10.3 Å². The van der Waals surface area contributed by atoms with Crippen LogP contribution in [0.3, 0.4) is 0 Å². The van der Waals surface area contributed by atoms with Crippen LogP contribution in [0.15, 0.2) is 51.5 Å². The van der Waals surface area contributed by atoms with Crippen LogP contribution in [0.1, 0.15) is 0 Å². The van der Waals surface area contributed by atoms with E-state index in [0.29, 0.717) is 22.4 Å². The molecule has 20 heavy (non-hydrogen) atoms. The summed E-state index contributed by atoms with van der Waals surface area (Å²) < 4.78 is 6.09. The third-order valence-electron chi connectivity index (χ3n) is 2.75. The molecular formula is C14H9BrClN3O. The number of aromatic nitrogens is 2. The van der Waals surface area contributed by atoms with E-state index in [2.05, 4.69) is 26.1 Å². The Labute approximate surface area is 128 Å². The highest BCUT2D eigenvalue weighted by Crippen LogP contribution is 2.28. The largest absolute Gasteiger partial charge is 0.398 e. The first-order valence-electron chi connectivity index (χ1n) is 5.78. The monoisotopic (exact) mass is 349 g/mol. The molecule has 0 atom stereocenters. The number of hydrogen-bond acceptors (Lipinski definition) is 4. The molecule has 0 spiro atoms. The summed E-state index contributed by atoms with van der Waals surface area (Å²) in [6.45, 7) is 0. The predicted molar refractivity (Wildman–Crippen MR) is 82.3 cm³/mol. The van der Waals surface area contributed by atoms with Crippen molar-refractivity contribution in [2.24, 2.45) is 0 Å². The molecule has 0 aliphatic heterocycles. The van der Waals surface area contributed by atoms with Gasteiger partial charge in [0.2, 0.25) is 5.82 Å². The van der Waals surface area contributed by atoms with Gasteiger partial charge in [0.1, 0.15) is 0 Å². The van der Waals surface area contributed by atoms with Crippen molar-refractivity contribution in [3.63, 3.8) is 0 Å². The molecule has 0 aliphatic carbocycles. The predicted octanol–water partition coefficient (Wildman–Crippen LogP) is 4.40. The van der Waals surface area contributed by atoms with Crippen molar-refractivity contribution >= 4 is 33.2 Å². The van der Waals surface area contributed by atoms with Gasteiger partial charge in [-0.05, 0) is 46.3 Å². The third-order valence-corrected chi connectivity index (χ3v) is 3.71. The van der Waals surface area contributed by atoms with Gasteiger partial charge in [0.25, 0.3) is 5.89 Å². The lowest BCUT2D eigenvalue weighted by Crippen LogP contribution is -1.87. The number of halogens is 2. The molecule has 0 saturated carbocycles. The van der Waals surface area contributed by atoms with Crippen molar-refractivity contribution in [2.75, 3.05) is 5.73 Å². The molecule has 0 amide bonds. The smallest absolute Gasteiger partial charge is 0.258 e. The van der Waals surface area contributed by atoms with Gasteiger partial charge in [0, 0.05) is 26.3 Å². The van der Waals surface area contributed by atoms with Gasteiger partial charge in [-0.3, -0.25) is 0 Å². The summed E-state index contributed by atoms with van der Waals surface area (Å²) in [6, 6.07) is 12.8. The Kier molecular flexibility index (Phi) is 3.46. The Hall–Kier alpha value is -1.85. The van der Waals surface area contributed by atoms with E-state index < -0.39 is 0 Å². The van der Waals surface area contributed by atoms with Crippen molar-refractivity contribution in [2.45, 2.75) is 0 Å². The molecule has 1 aromatic heterocycles. The summed E-state index contributed by atoms with van der Waals surface area (Å²) in [4.78, 5) is 4.36. The lowest BCUT2D eigenvalue weighted by Gasteiger charge is -1.99. The van der Waals surface area contributed by atoms with Crippen molar-refractivity contribution in [3.8, 4) is 22.8 Å². The first-order chi connectivity index (χ1) is 9.63. The van der Waals surface area contributed by atoms with Crippen molar-refractivity contribution in [3.05, 3.63) is 52.0 Å². The standard InChI is InChI=1S/C14H9BrClN3O/c15-11-5-4-9(7-12(11)17)14-18-13(19-20-14)8-2-1-3-10(16)6-8/h1-7H,17H2. The van der Waals surface area contributed by atoms with E-state index in [1.807, 2.05) is 24.3 Å². The minimum Gasteiger partial charge on any atom is -0.398 e. The molecule has 0 radical (unpaired) electrons. The van der Waals surface area contributed by atoms with E-state index in [1.54, 1.807) is 18.2 Å². The first-order valence-corrected chi connectivity index (χ1v) is 6.95. The number of nitrogens with zero attached hydrogens (tertiary/aromatic N) is 2. The van der Waals surface area contributed by atoms with Gasteiger partial charge in [-0.2, -0.15) is 4.98 Å². The number of nitrogen functional groups attached to an aromatic ring is 1. The zero-order chi connectivity index (χ0) is 14.1. The normalized spacial score (nSPS) is 10.7. The molecule has 6 heteroatoms. The van der Waals surface area contributed by atoms with E-state index >= 15 is 0 Å². The van der Waals surface area contributed by atoms with Gasteiger partial charge in [-0.25, -0.2) is 0 Å². The minimum atomic E-state index is 0.416. The van der Waals surface area contributed by atoms with E-state index in [0.717, 1.165) is 15.6 Å². The summed E-state index contributed by atoms with van der Waals surface area (Å²) >= 11 is 9.29. The second-order valence-corrected chi connectivity index (χ2v) is 5.46. The molecule has 0 bridgehead atoms. The number of benzene rings is 2. The SMILES string of the molecule is Nc1cc(-c2nc(-c3cccc(Cl)c3)no2)ccc1Br. The Balaban J connectivity index is 1.99. The van der Waals surface area contributed by atoms with Crippen LogP contribution >= 0.6 is 27.5 Å². The molecule has 2 N–H and O–H groups in total. The molecule has 0 saturated heterocycles. The third kappa shape index (κ3) is 2.55.